The predicted octanol–water partition coefficient (Wildman–Crippen LogP) is 4.91. The SMILES string of the molecule is Cc1cc(C(=O)OCc2csc(-c3ccsc3)n2)c(C)s1. The highest BCUT2D eigenvalue weighted by Crippen LogP contribution is 2.26. The van der Waals surface area contributed by atoms with Crippen LogP contribution in [0.2, 0.25) is 0 Å². The summed E-state index contributed by atoms with van der Waals surface area (Å²) in [6.07, 6.45) is 0. The Kier molecular flexibility index (Phi) is 4.19. The average molecular weight is 335 g/mol. The lowest BCUT2D eigenvalue weighted by atomic mass is 10.2. The van der Waals surface area contributed by atoms with Gasteiger partial charge in [0.1, 0.15) is 11.6 Å². The van der Waals surface area contributed by atoms with Crippen LogP contribution in [0.15, 0.2) is 28.3 Å². The molecule has 3 rings (SSSR count). The maximum atomic E-state index is 12.0. The van der Waals surface area contributed by atoms with Crippen LogP contribution in [0.25, 0.3) is 10.6 Å². The fraction of sp³-hybridized carbons (Fsp3) is 0.200. The van der Waals surface area contributed by atoms with E-state index in [1.807, 2.05) is 36.7 Å². The Balaban J connectivity index is 1.65. The third-order valence-corrected chi connectivity index (χ3v) is 5.52. The lowest BCUT2D eigenvalue weighted by Gasteiger charge is -2.01. The summed E-state index contributed by atoms with van der Waals surface area (Å²) >= 11 is 4.82. The van der Waals surface area contributed by atoms with Crippen molar-refractivity contribution in [2.45, 2.75) is 20.5 Å². The van der Waals surface area contributed by atoms with Crippen LogP contribution < -0.4 is 0 Å². The first-order chi connectivity index (χ1) is 10.1. The second kappa shape index (κ2) is 6.09. The molecule has 0 unspecified atom stereocenters. The second-order valence-electron chi connectivity index (χ2n) is 4.56. The summed E-state index contributed by atoms with van der Waals surface area (Å²) in [5.74, 6) is -0.276. The zero-order chi connectivity index (χ0) is 14.8. The summed E-state index contributed by atoms with van der Waals surface area (Å²) in [6, 6.07) is 3.91. The first-order valence-corrected chi connectivity index (χ1v) is 8.98. The van der Waals surface area contributed by atoms with Crippen molar-refractivity contribution in [3.63, 3.8) is 0 Å². The number of hydrogen-bond acceptors (Lipinski definition) is 6. The number of rotatable bonds is 4. The number of esters is 1. The molecule has 3 heterocycles. The highest BCUT2D eigenvalue weighted by molar-refractivity contribution is 7.14. The third-order valence-electron chi connectivity index (χ3n) is 2.93. The van der Waals surface area contributed by atoms with E-state index in [1.54, 1.807) is 34.0 Å². The van der Waals surface area contributed by atoms with E-state index in [9.17, 15) is 4.79 Å². The molecule has 3 aromatic heterocycles. The van der Waals surface area contributed by atoms with Crippen molar-refractivity contribution >= 4 is 40.0 Å². The smallest absolute Gasteiger partial charge is 0.339 e. The van der Waals surface area contributed by atoms with Gasteiger partial charge >= 0.3 is 5.97 Å². The van der Waals surface area contributed by atoms with E-state index < -0.39 is 0 Å². The highest BCUT2D eigenvalue weighted by Gasteiger charge is 2.14. The van der Waals surface area contributed by atoms with Crippen LogP contribution in [0, 0.1) is 13.8 Å². The molecule has 3 nitrogen and oxygen atoms in total. The fourth-order valence-electron chi connectivity index (χ4n) is 1.94. The quantitative estimate of drug-likeness (QED) is 0.636. The van der Waals surface area contributed by atoms with Crippen LogP contribution in [0.3, 0.4) is 0 Å². The van der Waals surface area contributed by atoms with Crippen molar-refractivity contribution in [1.82, 2.24) is 4.98 Å². The summed E-state index contributed by atoms with van der Waals surface area (Å²) in [4.78, 5) is 18.7. The maximum Gasteiger partial charge on any atom is 0.339 e. The van der Waals surface area contributed by atoms with Gasteiger partial charge in [0, 0.05) is 26.1 Å². The summed E-state index contributed by atoms with van der Waals surface area (Å²) in [6.45, 7) is 4.14. The maximum absolute atomic E-state index is 12.0. The molecule has 6 heteroatoms. The van der Waals surface area contributed by atoms with Crippen LogP contribution in [-0.4, -0.2) is 11.0 Å². The third kappa shape index (κ3) is 3.23. The number of carbonyl (C=O) groups excluding carboxylic acids is 1. The van der Waals surface area contributed by atoms with E-state index in [4.69, 9.17) is 4.74 Å². The Morgan fingerprint density at radius 2 is 2.19 bits per heavy atom. The number of nitrogens with zero attached hydrogens (tertiary/aromatic N) is 1. The van der Waals surface area contributed by atoms with E-state index in [-0.39, 0.29) is 12.6 Å². The normalized spacial score (nSPS) is 10.8. The topological polar surface area (TPSA) is 39.2 Å². The Hall–Kier alpha value is -1.50. The molecule has 0 amide bonds. The van der Waals surface area contributed by atoms with Gasteiger partial charge in [-0.05, 0) is 31.4 Å². The molecule has 0 aliphatic heterocycles. The van der Waals surface area contributed by atoms with Gasteiger partial charge in [0.15, 0.2) is 0 Å². The van der Waals surface area contributed by atoms with Gasteiger partial charge < -0.3 is 4.74 Å². The van der Waals surface area contributed by atoms with E-state index in [0.29, 0.717) is 5.56 Å². The monoisotopic (exact) mass is 335 g/mol. The Bertz CT molecular complexity index is 756. The Morgan fingerprint density at radius 1 is 1.33 bits per heavy atom. The molecule has 0 spiro atoms. The van der Waals surface area contributed by atoms with Crippen LogP contribution in [0.5, 0.6) is 0 Å². The number of carbonyl (C=O) groups is 1. The second-order valence-corrected chi connectivity index (χ2v) is 7.66. The van der Waals surface area contributed by atoms with Crippen molar-refractivity contribution < 1.29 is 9.53 Å². The summed E-state index contributed by atoms with van der Waals surface area (Å²) < 4.78 is 5.35. The van der Waals surface area contributed by atoms with Gasteiger partial charge in [0.25, 0.3) is 0 Å². The molecular formula is C15H13NO2S3. The number of thiophene rings is 2. The molecule has 0 bridgehead atoms. The van der Waals surface area contributed by atoms with E-state index in [1.165, 1.54) is 0 Å². The van der Waals surface area contributed by atoms with Crippen LogP contribution >= 0.6 is 34.0 Å². The van der Waals surface area contributed by atoms with Crippen molar-refractivity contribution in [3.05, 3.63) is 49.3 Å². The van der Waals surface area contributed by atoms with Gasteiger partial charge in [-0.25, -0.2) is 9.78 Å². The van der Waals surface area contributed by atoms with Crippen molar-refractivity contribution in [2.75, 3.05) is 0 Å². The summed E-state index contributed by atoms with van der Waals surface area (Å²) in [5, 5.41) is 6.99. The molecule has 0 radical (unpaired) electrons. The lowest BCUT2D eigenvalue weighted by molar-refractivity contribution is 0.0468. The first kappa shape index (κ1) is 14.4. The average Bonchev–Trinajstić information content (AvgIpc) is 3.15. The number of aryl methyl sites for hydroxylation is 2. The van der Waals surface area contributed by atoms with Crippen molar-refractivity contribution in [2.24, 2.45) is 0 Å². The Labute approximate surface area is 134 Å². The Morgan fingerprint density at radius 3 is 2.86 bits per heavy atom. The standard InChI is InChI=1S/C15H13NO2S3/c1-9-5-13(10(2)21-9)15(17)18-6-12-8-20-14(16-12)11-3-4-19-7-11/h3-5,7-8H,6H2,1-2H3. The predicted molar refractivity (Wildman–Crippen MR) is 88.3 cm³/mol. The molecular weight excluding hydrogens is 322 g/mol. The molecule has 108 valence electrons. The fourth-order valence-corrected chi connectivity index (χ4v) is 4.37. The molecule has 0 saturated carbocycles. The van der Waals surface area contributed by atoms with Crippen LogP contribution in [-0.2, 0) is 11.3 Å². The number of thiazole rings is 1. The zero-order valence-corrected chi connectivity index (χ0v) is 14.0. The minimum absolute atomic E-state index is 0.216. The minimum Gasteiger partial charge on any atom is -0.456 e. The van der Waals surface area contributed by atoms with E-state index in [2.05, 4.69) is 10.4 Å². The molecule has 0 aliphatic carbocycles. The largest absolute Gasteiger partial charge is 0.456 e. The van der Waals surface area contributed by atoms with Gasteiger partial charge in [0.2, 0.25) is 0 Å². The van der Waals surface area contributed by atoms with Gasteiger partial charge in [-0.2, -0.15) is 11.3 Å². The van der Waals surface area contributed by atoms with Gasteiger partial charge in [-0.3, -0.25) is 0 Å². The van der Waals surface area contributed by atoms with Crippen molar-refractivity contribution in [3.8, 4) is 10.6 Å². The zero-order valence-electron chi connectivity index (χ0n) is 11.6. The molecule has 0 aromatic carbocycles. The number of hydrogen-bond donors (Lipinski definition) is 0. The molecule has 3 aromatic rings. The molecule has 0 N–H and O–H groups in total. The molecule has 0 atom stereocenters. The molecule has 0 fully saturated rings. The summed E-state index contributed by atoms with van der Waals surface area (Å²) in [5.41, 5.74) is 2.57. The number of ether oxygens (including phenoxy) is 1. The summed E-state index contributed by atoms with van der Waals surface area (Å²) in [7, 11) is 0. The van der Waals surface area contributed by atoms with Crippen molar-refractivity contribution in [1.29, 1.82) is 0 Å². The minimum atomic E-state index is -0.276. The van der Waals surface area contributed by atoms with Crippen LogP contribution in [0.1, 0.15) is 25.8 Å². The van der Waals surface area contributed by atoms with E-state index >= 15 is 0 Å². The number of aromatic nitrogens is 1. The van der Waals surface area contributed by atoms with Crippen LogP contribution in [0.4, 0.5) is 0 Å². The van der Waals surface area contributed by atoms with Gasteiger partial charge in [-0.1, -0.05) is 0 Å². The lowest BCUT2D eigenvalue weighted by Crippen LogP contribution is -2.05. The van der Waals surface area contributed by atoms with Gasteiger partial charge in [0.05, 0.1) is 11.3 Å². The molecule has 0 aliphatic rings. The van der Waals surface area contributed by atoms with E-state index in [0.717, 1.165) is 26.0 Å². The van der Waals surface area contributed by atoms with Gasteiger partial charge in [-0.15, -0.1) is 22.7 Å². The molecule has 21 heavy (non-hydrogen) atoms. The highest BCUT2D eigenvalue weighted by atomic mass is 32.1. The first-order valence-electron chi connectivity index (χ1n) is 6.34. The molecule has 0 saturated heterocycles.